The van der Waals surface area contributed by atoms with Gasteiger partial charge in [-0.05, 0) is 50.5 Å². The Kier molecular flexibility index (Phi) is 8.69. The highest BCUT2D eigenvalue weighted by Gasteiger charge is 2.26. The minimum atomic E-state index is -0.320. The van der Waals surface area contributed by atoms with Gasteiger partial charge in [0.05, 0.1) is 17.4 Å². The number of rotatable bonds is 9. The van der Waals surface area contributed by atoms with E-state index in [0.29, 0.717) is 42.2 Å². The number of nitriles is 1. The van der Waals surface area contributed by atoms with Crippen molar-refractivity contribution in [1.82, 2.24) is 14.9 Å². The summed E-state index contributed by atoms with van der Waals surface area (Å²) in [6.45, 7) is 3.99. The third-order valence-electron chi connectivity index (χ3n) is 5.94. The van der Waals surface area contributed by atoms with E-state index in [-0.39, 0.29) is 38.0 Å². The molecule has 0 bridgehead atoms. The predicted octanol–water partition coefficient (Wildman–Crippen LogP) is 3.66. The number of benzene rings is 2. The van der Waals surface area contributed by atoms with Crippen molar-refractivity contribution in [1.29, 1.82) is 5.26 Å². The number of nitrogens with one attached hydrogen (secondary N) is 1. The maximum atomic E-state index is 12.9. The number of aliphatic hydroxyl groups excluding tert-OH is 1. The van der Waals surface area contributed by atoms with E-state index in [2.05, 4.69) is 16.4 Å². The Labute approximate surface area is 217 Å². The molecule has 1 aliphatic heterocycles. The van der Waals surface area contributed by atoms with E-state index in [1.165, 1.54) is 6.07 Å². The number of aliphatic hydroxyl groups is 1. The van der Waals surface area contributed by atoms with E-state index in [1.807, 2.05) is 50.1 Å². The molecule has 194 valence electrons. The molecule has 3 aromatic rings. The van der Waals surface area contributed by atoms with Crippen LogP contribution in [0.25, 0.3) is 11.3 Å². The van der Waals surface area contributed by atoms with Crippen molar-refractivity contribution in [2.24, 2.45) is 0 Å². The molecule has 0 unspecified atom stereocenters. The van der Waals surface area contributed by atoms with Gasteiger partial charge < -0.3 is 20.1 Å². The molecule has 9 nitrogen and oxygen atoms in total. The van der Waals surface area contributed by atoms with Gasteiger partial charge in [-0.15, -0.1) is 0 Å². The summed E-state index contributed by atoms with van der Waals surface area (Å²) in [5, 5.41) is 22.0. The minimum Gasteiger partial charge on any atom is -0.490 e. The predicted molar refractivity (Wildman–Crippen MR) is 142 cm³/mol. The highest BCUT2D eigenvalue weighted by atomic mass is 16.5. The van der Waals surface area contributed by atoms with Gasteiger partial charge in [0, 0.05) is 37.0 Å². The zero-order chi connectivity index (χ0) is 25.8. The number of likely N-dealkylation sites (N-methyl/N-ethyl adjacent to an activating group) is 1. The van der Waals surface area contributed by atoms with Gasteiger partial charge in [-0.25, -0.2) is 4.98 Å². The Morgan fingerprint density at radius 3 is 2.59 bits per heavy atom. The Hall–Kier alpha value is -4.16. The molecule has 1 aliphatic rings. The third-order valence-corrected chi connectivity index (χ3v) is 5.94. The molecule has 1 aromatic heterocycles. The van der Waals surface area contributed by atoms with E-state index in [1.54, 1.807) is 22.9 Å². The average Bonchev–Trinajstić information content (AvgIpc) is 3.40. The molecule has 2 heterocycles. The van der Waals surface area contributed by atoms with Crippen LogP contribution in [0.4, 0.5) is 5.95 Å². The molecule has 0 fully saturated rings. The van der Waals surface area contributed by atoms with Gasteiger partial charge in [0.2, 0.25) is 5.95 Å². The standard InChI is InChI=1S/C27H29N5O4.CH4/c1-17(2)36-24-9-8-20(13-21(24)14-28)26(35)29-22(10-11-33)12-18-4-6-19(7-5-18)23-15-32-25(34)16-31(3)27(32)30-23;/h4-9,13,15,17,22,33H,10-12,16H2,1-3H3,(H,29,35);1H4/t22-;/m1./s1. The van der Waals surface area contributed by atoms with Crippen molar-refractivity contribution in [2.75, 3.05) is 25.1 Å². The number of hydrogen-bond acceptors (Lipinski definition) is 7. The Morgan fingerprint density at radius 1 is 1.24 bits per heavy atom. The highest BCUT2D eigenvalue weighted by Crippen LogP contribution is 2.26. The van der Waals surface area contributed by atoms with E-state index >= 15 is 0 Å². The molecule has 4 rings (SSSR count). The van der Waals surface area contributed by atoms with Crippen LogP contribution in [0.2, 0.25) is 0 Å². The van der Waals surface area contributed by atoms with Gasteiger partial charge in [0.1, 0.15) is 18.4 Å². The van der Waals surface area contributed by atoms with Gasteiger partial charge >= 0.3 is 0 Å². The summed E-state index contributed by atoms with van der Waals surface area (Å²) in [5.74, 6) is 0.747. The molecule has 0 spiro atoms. The maximum Gasteiger partial charge on any atom is 0.253 e. The van der Waals surface area contributed by atoms with Crippen LogP contribution < -0.4 is 15.0 Å². The first kappa shape index (κ1) is 27.4. The van der Waals surface area contributed by atoms with Crippen LogP contribution in [-0.2, 0) is 6.42 Å². The lowest BCUT2D eigenvalue weighted by molar-refractivity contribution is 0.0925. The fourth-order valence-corrected chi connectivity index (χ4v) is 4.17. The lowest BCUT2D eigenvalue weighted by Crippen LogP contribution is -2.37. The summed E-state index contributed by atoms with van der Waals surface area (Å²) in [5.41, 5.74) is 3.24. The number of ether oxygens (including phenoxy) is 1. The van der Waals surface area contributed by atoms with E-state index in [4.69, 9.17) is 4.74 Å². The van der Waals surface area contributed by atoms with Crippen molar-refractivity contribution >= 4 is 17.8 Å². The molecule has 0 saturated carbocycles. The first-order chi connectivity index (χ1) is 17.3. The molecule has 37 heavy (non-hydrogen) atoms. The van der Waals surface area contributed by atoms with E-state index < -0.39 is 0 Å². The number of amides is 1. The summed E-state index contributed by atoms with van der Waals surface area (Å²) < 4.78 is 7.19. The quantitative estimate of drug-likeness (QED) is 0.457. The Morgan fingerprint density at radius 2 is 1.97 bits per heavy atom. The number of aromatic nitrogens is 2. The number of fused-ring (bicyclic) bond motifs is 1. The van der Waals surface area contributed by atoms with Gasteiger partial charge in [0.15, 0.2) is 0 Å². The van der Waals surface area contributed by atoms with Crippen molar-refractivity contribution in [3.05, 3.63) is 65.4 Å². The molecule has 9 heteroatoms. The van der Waals surface area contributed by atoms with E-state index in [9.17, 15) is 20.0 Å². The Bertz CT molecular complexity index is 1310. The smallest absolute Gasteiger partial charge is 0.253 e. The van der Waals surface area contributed by atoms with Crippen LogP contribution in [0.3, 0.4) is 0 Å². The zero-order valence-corrected chi connectivity index (χ0v) is 20.6. The van der Waals surface area contributed by atoms with Crippen molar-refractivity contribution in [3.8, 4) is 23.1 Å². The van der Waals surface area contributed by atoms with Gasteiger partial charge in [-0.1, -0.05) is 31.7 Å². The molecule has 2 aromatic carbocycles. The number of hydrogen-bond donors (Lipinski definition) is 2. The van der Waals surface area contributed by atoms with E-state index in [0.717, 1.165) is 16.8 Å². The Balaban J connectivity index is 0.00000380. The number of carbonyl (C=O) groups is 2. The van der Waals surface area contributed by atoms with Crippen LogP contribution in [0, 0.1) is 11.3 Å². The van der Waals surface area contributed by atoms with Crippen LogP contribution in [-0.4, -0.2) is 58.8 Å². The highest BCUT2D eigenvalue weighted by molar-refractivity contribution is 5.95. The fraction of sp³-hybridized carbons (Fsp3) is 0.357. The SMILES string of the molecule is C.CC(C)Oc1ccc(C(=O)N[C@H](CCO)Cc2ccc(-c3cn4c(n3)N(C)CC4=O)cc2)cc1C#N. The largest absolute Gasteiger partial charge is 0.490 e. The average molecular weight is 504 g/mol. The van der Waals surface area contributed by atoms with Crippen LogP contribution >= 0.6 is 0 Å². The van der Waals surface area contributed by atoms with Crippen LogP contribution in [0.15, 0.2) is 48.7 Å². The summed E-state index contributed by atoms with van der Waals surface area (Å²) >= 11 is 0. The number of imidazole rings is 1. The first-order valence-corrected chi connectivity index (χ1v) is 11.8. The van der Waals surface area contributed by atoms with Crippen molar-refractivity contribution < 1.29 is 19.4 Å². The molecular weight excluding hydrogens is 470 g/mol. The number of carbonyl (C=O) groups excluding carboxylic acids is 2. The molecule has 0 aliphatic carbocycles. The minimum absolute atomic E-state index is 0. The molecule has 1 atom stereocenters. The van der Waals surface area contributed by atoms with Gasteiger partial charge in [0.25, 0.3) is 11.8 Å². The first-order valence-electron chi connectivity index (χ1n) is 11.8. The summed E-state index contributed by atoms with van der Waals surface area (Å²) in [4.78, 5) is 31.3. The number of nitrogens with zero attached hydrogens (tertiary/aromatic N) is 4. The van der Waals surface area contributed by atoms with Gasteiger partial charge in [-0.2, -0.15) is 5.26 Å². The maximum absolute atomic E-state index is 12.9. The summed E-state index contributed by atoms with van der Waals surface area (Å²) in [6.07, 6.45) is 2.57. The van der Waals surface area contributed by atoms with Crippen molar-refractivity contribution in [3.63, 3.8) is 0 Å². The topological polar surface area (TPSA) is 120 Å². The molecule has 0 radical (unpaired) electrons. The van der Waals surface area contributed by atoms with Crippen molar-refractivity contribution in [2.45, 2.75) is 46.3 Å². The lowest BCUT2D eigenvalue weighted by atomic mass is 10.0. The monoisotopic (exact) mass is 503 g/mol. The second-order valence-corrected chi connectivity index (χ2v) is 9.12. The molecule has 2 N–H and O–H groups in total. The zero-order valence-electron chi connectivity index (χ0n) is 20.6. The molecule has 1 amide bonds. The molecular formula is C28H33N5O4. The van der Waals surface area contributed by atoms with Crippen LogP contribution in [0.1, 0.15) is 54.0 Å². The normalized spacial score (nSPS) is 13.1. The summed E-state index contributed by atoms with van der Waals surface area (Å²) in [7, 11) is 1.83. The molecule has 0 saturated heterocycles. The second kappa shape index (κ2) is 11.7. The lowest BCUT2D eigenvalue weighted by Gasteiger charge is -2.19. The van der Waals surface area contributed by atoms with Gasteiger partial charge in [-0.3, -0.25) is 14.2 Å². The third kappa shape index (κ3) is 6.16. The number of anilines is 1. The van der Waals surface area contributed by atoms with Crippen LogP contribution in [0.5, 0.6) is 5.75 Å². The second-order valence-electron chi connectivity index (χ2n) is 9.12. The summed E-state index contributed by atoms with van der Waals surface area (Å²) in [6, 6.07) is 14.3. The fourth-order valence-electron chi connectivity index (χ4n) is 4.17.